The Bertz CT molecular complexity index is 430. The molecule has 1 aromatic carbocycles. The number of benzene rings is 1. The Hall–Kier alpha value is -1.88. The van der Waals surface area contributed by atoms with Crippen LogP contribution in [0.5, 0.6) is 0 Å². The van der Waals surface area contributed by atoms with Gasteiger partial charge < -0.3 is 15.7 Å². The van der Waals surface area contributed by atoms with Crippen molar-refractivity contribution in [2.24, 2.45) is 0 Å². The lowest BCUT2D eigenvalue weighted by atomic mass is 10.0. The average molecular weight is 278 g/mol. The van der Waals surface area contributed by atoms with Crippen molar-refractivity contribution in [2.45, 2.75) is 32.2 Å². The summed E-state index contributed by atoms with van der Waals surface area (Å²) in [5.74, 6) is -1.24. The van der Waals surface area contributed by atoms with Gasteiger partial charge in [-0.05, 0) is 17.9 Å². The van der Waals surface area contributed by atoms with Gasteiger partial charge in [-0.25, -0.2) is 0 Å². The molecule has 0 fully saturated rings. The molecule has 0 aliphatic carbocycles. The minimum absolute atomic E-state index is 0.132. The van der Waals surface area contributed by atoms with Crippen molar-refractivity contribution in [2.75, 3.05) is 13.2 Å². The topological polar surface area (TPSA) is 78.4 Å². The van der Waals surface area contributed by atoms with Crippen molar-refractivity contribution in [1.82, 2.24) is 10.6 Å². The predicted octanol–water partition coefficient (Wildman–Crippen LogP) is 0.793. The summed E-state index contributed by atoms with van der Waals surface area (Å²) in [5, 5.41) is 14.1. The van der Waals surface area contributed by atoms with Crippen LogP contribution in [0.3, 0.4) is 0 Å². The first kappa shape index (κ1) is 16.2. The second kappa shape index (κ2) is 8.32. The zero-order valence-electron chi connectivity index (χ0n) is 11.9. The van der Waals surface area contributed by atoms with E-state index in [2.05, 4.69) is 10.6 Å². The molecule has 0 aromatic heterocycles. The molecular weight excluding hydrogens is 256 g/mol. The lowest BCUT2D eigenvalue weighted by Gasteiger charge is -2.15. The molecule has 110 valence electrons. The van der Waals surface area contributed by atoms with E-state index < -0.39 is 11.8 Å². The fraction of sp³-hybridized carbons (Fsp3) is 0.467. The monoisotopic (exact) mass is 278 g/mol. The SMILES string of the molecule is CC[C@@H](CO)NC(=O)C(=O)NC[C@@H](C)c1ccccc1. The van der Waals surface area contributed by atoms with E-state index in [1.807, 2.05) is 44.2 Å². The van der Waals surface area contributed by atoms with Gasteiger partial charge in [0.2, 0.25) is 0 Å². The van der Waals surface area contributed by atoms with E-state index >= 15 is 0 Å². The average Bonchev–Trinajstić information content (AvgIpc) is 2.50. The number of nitrogens with one attached hydrogen (secondary N) is 2. The number of aliphatic hydroxyl groups is 1. The van der Waals surface area contributed by atoms with Crippen LogP contribution in [-0.2, 0) is 9.59 Å². The fourth-order valence-electron chi connectivity index (χ4n) is 1.75. The summed E-state index contributed by atoms with van der Waals surface area (Å²) in [7, 11) is 0. The maximum absolute atomic E-state index is 11.6. The normalized spacial score (nSPS) is 13.3. The summed E-state index contributed by atoms with van der Waals surface area (Å²) in [6.45, 7) is 4.04. The fourth-order valence-corrected chi connectivity index (χ4v) is 1.75. The van der Waals surface area contributed by atoms with Gasteiger partial charge in [0, 0.05) is 6.54 Å². The van der Waals surface area contributed by atoms with Gasteiger partial charge in [-0.3, -0.25) is 9.59 Å². The van der Waals surface area contributed by atoms with Gasteiger partial charge in [0.05, 0.1) is 12.6 Å². The standard InChI is InChI=1S/C15H22N2O3/c1-3-13(10-18)17-15(20)14(19)16-9-11(2)12-7-5-4-6-8-12/h4-8,11,13,18H,3,9-10H2,1-2H3,(H,16,19)(H,17,20)/t11-,13+/m1/s1. The largest absolute Gasteiger partial charge is 0.394 e. The van der Waals surface area contributed by atoms with Crippen LogP contribution in [0, 0.1) is 0 Å². The van der Waals surface area contributed by atoms with Crippen LogP contribution < -0.4 is 10.6 Å². The van der Waals surface area contributed by atoms with E-state index in [0.717, 1.165) is 5.56 Å². The van der Waals surface area contributed by atoms with Gasteiger partial charge >= 0.3 is 11.8 Å². The summed E-state index contributed by atoms with van der Waals surface area (Å²) in [6, 6.07) is 9.40. The Morgan fingerprint density at radius 1 is 1.20 bits per heavy atom. The maximum atomic E-state index is 11.6. The second-order valence-corrected chi connectivity index (χ2v) is 4.78. The minimum Gasteiger partial charge on any atom is -0.394 e. The number of rotatable bonds is 6. The molecule has 0 saturated heterocycles. The van der Waals surface area contributed by atoms with Gasteiger partial charge in [-0.2, -0.15) is 0 Å². The van der Waals surface area contributed by atoms with Crippen LogP contribution in [0.15, 0.2) is 30.3 Å². The molecule has 0 spiro atoms. The van der Waals surface area contributed by atoms with Crippen LogP contribution in [-0.4, -0.2) is 36.1 Å². The number of amides is 2. The van der Waals surface area contributed by atoms with Crippen LogP contribution in [0.25, 0.3) is 0 Å². The van der Waals surface area contributed by atoms with Crippen molar-refractivity contribution in [3.63, 3.8) is 0 Å². The van der Waals surface area contributed by atoms with Crippen molar-refractivity contribution in [3.05, 3.63) is 35.9 Å². The first-order chi connectivity index (χ1) is 9.58. The van der Waals surface area contributed by atoms with Gasteiger partial charge in [-0.15, -0.1) is 0 Å². The van der Waals surface area contributed by atoms with E-state index in [9.17, 15) is 9.59 Å². The van der Waals surface area contributed by atoms with Crippen molar-refractivity contribution < 1.29 is 14.7 Å². The third kappa shape index (κ3) is 5.01. The molecular formula is C15H22N2O3. The number of hydrogen-bond donors (Lipinski definition) is 3. The quantitative estimate of drug-likeness (QED) is 0.673. The van der Waals surface area contributed by atoms with Gasteiger partial charge in [0.15, 0.2) is 0 Å². The first-order valence-corrected chi connectivity index (χ1v) is 6.83. The smallest absolute Gasteiger partial charge is 0.309 e. The molecule has 2 amide bonds. The van der Waals surface area contributed by atoms with Crippen molar-refractivity contribution >= 4 is 11.8 Å². The molecule has 0 aliphatic rings. The zero-order valence-corrected chi connectivity index (χ0v) is 11.9. The Balaban J connectivity index is 2.41. The molecule has 0 heterocycles. The molecule has 5 nitrogen and oxygen atoms in total. The van der Waals surface area contributed by atoms with Crippen LogP contribution in [0.1, 0.15) is 31.7 Å². The van der Waals surface area contributed by atoms with Crippen LogP contribution in [0.4, 0.5) is 0 Å². The lowest BCUT2D eigenvalue weighted by molar-refractivity contribution is -0.139. The summed E-state index contributed by atoms with van der Waals surface area (Å²) in [6.07, 6.45) is 0.579. The second-order valence-electron chi connectivity index (χ2n) is 4.78. The lowest BCUT2D eigenvalue weighted by Crippen LogP contribution is -2.46. The van der Waals surface area contributed by atoms with E-state index in [1.165, 1.54) is 0 Å². The number of carbonyl (C=O) groups excluding carboxylic acids is 2. The molecule has 2 atom stereocenters. The van der Waals surface area contributed by atoms with E-state index in [0.29, 0.717) is 13.0 Å². The van der Waals surface area contributed by atoms with Crippen molar-refractivity contribution in [1.29, 1.82) is 0 Å². The first-order valence-electron chi connectivity index (χ1n) is 6.83. The highest BCUT2D eigenvalue weighted by Gasteiger charge is 2.17. The Labute approximate surface area is 119 Å². The maximum Gasteiger partial charge on any atom is 0.309 e. The number of carbonyl (C=O) groups is 2. The van der Waals surface area contributed by atoms with Gasteiger partial charge in [0.25, 0.3) is 0 Å². The molecule has 0 saturated carbocycles. The van der Waals surface area contributed by atoms with E-state index in [-0.39, 0.29) is 18.6 Å². The molecule has 20 heavy (non-hydrogen) atoms. The van der Waals surface area contributed by atoms with Gasteiger partial charge in [0.1, 0.15) is 0 Å². The molecule has 3 N–H and O–H groups in total. The summed E-state index contributed by atoms with van der Waals surface area (Å²) >= 11 is 0. The molecule has 1 aromatic rings. The molecule has 0 radical (unpaired) electrons. The van der Waals surface area contributed by atoms with Crippen molar-refractivity contribution in [3.8, 4) is 0 Å². The Morgan fingerprint density at radius 3 is 2.40 bits per heavy atom. The molecule has 1 rings (SSSR count). The summed E-state index contributed by atoms with van der Waals surface area (Å²) in [5.41, 5.74) is 1.11. The highest BCUT2D eigenvalue weighted by atomic mass is 16.3. The highest BCUT2D eigenvalue weighted by molar-refractivity contribution is 6.35. The van der Waals surface area contributed by atoms with Crippen LogP contribution >= 0.6 is 0 Å². The Kier molecular flexibility index (Phi) is 6.73. The third-order valence-corrected chi connectivity index (χ3v) is 3.19. The zero-order chi connectivity index (χ0) is 15.0. The molecule has 0 aliphatic heterocycles. The Morgan fingerprint density at radius 2 is 1.85 bits per heavy atom. The summed E-state index contributed by atoms with van der Waals surface area (Å²) < 4.78 is 0. The molecule has 0 bridgehead atoms. The summed E-state index contributed by atoms with van der Waals surface area (Å²) in [4.78, 5) is 23.2. The predicted molar refractivity (Wildman–Crippen MR) is 77.2 cm³/mol. The van der Waals surface area contributed by atoms with E-state index in [1.54, 1.807) is 0 Å². The molecule has 5 heteroatoms. The number of aliphatic hydroxyl groups excluding tert-OH is 1. The number of hydrogen-bond acceptors (Lipinski definition) is 3. The minimum atomic E-state index is -0.703. The highest BCUT2D eigenvalue weighted by Crippen LogP contribution is 2.12. The van der Waals surface area contributed by atoms with Crippen LogP contribution in [0.2, 0.25) is 0 Å². The van der Waals surface area contributed by atoms with Gasteiger partial charge in [-0.1, -0.05) is 44.2 Å². The third-order valence-electron chi connectivity index (χ3n) is 3.19. The molecule has 0 unspecified atom stereocenters. The van der Waals surface area contributed by atoms with E-state index in [4.69, 9.17) is 5.11 Å².